The van der Waals surface area contributed by atoms with Gasteiger partial charge in [-0.15, -0.1) is 0 Å². The van der Waals surface area contributed by atoms with Crippen molar-refractivity contribution in [3.05, 3.63) is 65.5 Å². The Morgan fingerprint density at radius 2 is 1.81 bits per heavy atom. The van der Waals surface area contributed by atoms with Gasteiger partial charge in [0.1, 0.15) is 5.82 Å². The number of amides is 1. The molecule has 0 saturated carbocycles. The molecule has 1 aromatic heterocycles. The Labute approximate surface area is 176 Å². The SMILES string of the molecule is O=C(O)CCCCC[C@H](NC(=O)c1ccccc1)c1nc2cc(C(F)(F)F)ccc2[nH]1. The summed E-state index contributed by atoms with van der Waals surface area (Å²) in [7, 11) is 0. The highest BCUT2D eigenvalue weighted by Gasteiger charge is 2.31. The number of benzene rings is 2. The fourth-order valence-electron chi connectivity index (χ4n) is 3.28. The monoisotopic (exact) mass is 433 g/mol. The number of nitrogens with one attached hydrogen (secondary N) is 2. The molecule has 0 unspecified atom stereocenters. The van der Waals surface area contributed by atoms with Crippen molar-refractivity contribution in [1.29, 1.82) is 0 Å². The average Bonchev–Trinajstić information content (AvgIpc) is 3.15. The number of H-pyrrole nitrogens is 1. The number of aromatic amines is 1. The number of fused-ring (bicyclic) bond motifs is 1. The Morgan fingerprint density at radius 1 is 1.06 bits per heavy atom. The van der Waals surface area contributed by atoms with Gasteiger partial charge in [0.25, 0.3) is 5.91 Å². The summed E-state index contributed by atoms with van der Waals surface area (Å²) in [5, 5.41) is 11.6. The zero-order valence-electron chi connectivity index (χ0n) is 16.6. The lowest BCUT2D eigenvalue weighted by molar-refractivity contribution is -0.138. The van der Waals surface area contributed by atoms with Gasteiger partial charge in [0.2, 0.25) is 0 Å². The molecule has 3 N–H and O–H groups in total. The van der Waals surface area contributed by atoms with Crippen LogP contribution in [0.2, 0.25) is 0 Å². The molecule has 0 aliphatic rings. The summed E-state index contributed by atoms with van der Waals surface area (Å²) in [6, 6.07) is 11.3. The topological polar surface area (TPSA) is 95.1 Å². The van der Waals surface area contributed by atoms with Gasteiger partial charge < -0.3 is 15.4 Å². The first-order valence-corrected chi connectivity index (χ1v) is 9.88. The Bertz CT molecular complexity index is 1050. The van der Waals surface area contributed by atoms with Crippen molar-refractivity contribution in [3.63, 3.8) is 0 Å². The normalized spacial score (nSPS) is 12.6. The van der Waals surface area contributed by atoms with Crippen LogP contribution in [0, 0.1) is 0 Å². The van der Waals surface area contributed by atoms with Gasteiger partial charge in [-0.05, 0) is 43.2 Å². The van der Waals surface area contributed by atoms with E-state index >= 15 is 0 Å². The van der Waals surface area contributed by atoms with E-state index in [-0.39, 0.29) is 17.8 Å². The van der Waals surface area contributed by atoms with E-state index in [1.165, 1.54) is 6.07 Å². The summed E-state index contributed by atoms with van der Waals surface area (Å²) in [5.74, 6) is -0.837. The Balaban J connectivity index is 1.80. The van der Waals surface area contributed by atoms with E-state index < -0.39 is 23.8 Å². The van der Waals surface area contributed by atoms with Gasteiger partial charge >= 0.3 is 12.1 Å². The highest BCUT2D eigenvalue weighted by Crippen LogP contribution is 2.31. The van der Waals surface area contributed by atoms with E-state index in [0.717, 1.165) is 12.1 Å². The first-order valence-electron chi connectivity index (χ1n) is 9.88. The van der Waals surface area contributed by atoms with Crippen LogP contribution in [0.3, 0.4) is 0 Å². The fourth-order valence-corrected chi connectivity index (χ4v) is 3.28. The van der Waals surface area contributed by atoms with Crippen molar-refractivity contribution in [3.8, 4) is 0 Å². The molecule has 6 nitrogen and oxygen atoms in total. The highest BCUT2D eigenvalue weighted by atomic mass is 19.4. The number of nitrogens with zero attached hydrogens (tertiary/aromatic N) is 1. The average molecular weight is 433 g/mol. The molecule has 164 valence electrons. The van der Waals surface area contributed by atoms with E-state index in [9.17, 15) is 22.8 Å². The minimum atomic E-state index is -4.47. The molecular weight excluding hydrogens is 411 g/mol. The number of hydrogen-bond donors (Lipinski definition) is 3. The highest BCUT2D eigenvalue weighted by molar-refractivity contribution is 5.94. The third-order valence-corrected chi connectivity index (χ3v) is 4.88. The molecule has 0 aliphatic carbocycles. The number of aromatic nitrogens is 2. The van der Waals surface area contributed by atoms with Crippen LogP contribution in [0.1, 0.15) is 59.9 Å². The van der Waals surface area contributed by atoms with Crippen LogP contribution in [-0.2, 0) is 11.0 Å². The van der Waals surface area contributed by atoms with Crippen molar-refractivity contribution in [2.45, 2.75) is 44.3 Å². The number of aliphatic carboxylic acids is 1. The molecule has 31 heavy (non-hydrogen) atoms. The molecule has 1 atom stereocenters. The van der Waals surface area contributed by atoms with E-state index in [2.05, 4.69) is 15.3 Å². The number of hydrogen-bond acceptors (Lipinski definition) is 3. The summed E-state index contributed by atoms with van der Waals surface area (Å²) in [6.07, 6.45) is -2.18. The summed E-state index contributed by atoms with van der Waals surface area (Å²) in [4.78, 5) is 30.6. The second kappa shape index (κ2) is 9.63. The standard InChI is InChI=1S/C22H22F3N3O3/c23-22(24,25)15-11-12-16-18(13-15)27-20(26-16)17(9-5-2-6-10-19(29)30)28-21(31)14-7-3-1-4-8-14/h1,3-4,7-8,11-13,17H,2,5-6,9-10H2,(H,26,27)(H,28,31)(H,29,30)/t17-/m0/s1. The maximum absolute atomic E-state index is 13.0. The van der Waals surface area contributed by atoms with Crippen molar-refractivity contribution in [1.82, 2.24) is 15.3 Å². The van der Waals surface area contributed by atoms with Gasteiger partial charge in [-0.3, -0.25) is 9.59 Å². The van der Waals surface area contributed by atoms with E-state index in [1.807, 2.05) is 0 Å². The number of rotatable bonds is 9. The Morgan fingerprint density at radius 3 is 2.48 bits per heavy atom. The molecular formula is C22H22F3N3O3. The quantitative estimate of drug-likeness (QED) is 0.410. The largest absolute Gasteiger partial charge is 0.481 e. The van der Waals surface area contributed by atoms with Crippen LogP contribution in [0.15, 0.2) is 48.5 Å². The van der Waals surface area contributed by atoms with Crippen LogP contribution in [0.4, 0.5) is 13.2 Å². The second-order valence-electron chi connectivity index (χ2n) is 7.24. The maximum Gasteiger partial charge on any atom is 0.416 e. The summed E-state index contributed by atoms with van der Waals surface area (Å²) < 4.78 is 39.0. The lowest BCUT2D eigenvalue weighted by atomic mass is 10.1. The summed E-state index contributed by atoms with van der Waals surface area (Å²) in [5.41, 5.74) is 0.257. The van der Waals surface area contributed by atoms with E-state index in [0.29, 0.717) is 42.6 Å². The Hall–Kier alpha value is -3.36. The van der Waals surface area contributed by atoms with Crippen molar-refractivity contribution in [2.75, 3.05) is 0 Å². The fraction of sp³-hybridized carbons (Fsp3) is 0.318. The number of halogens is 3. The van der Waals surface area contributed by atoms with Gasteiger partial charge in [-0.1, -0.05) is 31.0 Å². The number of imidazole rings is 1. The van der Waals surface area contributed by atoms with Crippen LogP contribution in [0.25, 0.3) is 11.0 Å². The number of carboxylic acid groups (broad SMARTS) is 1. The number of unbranched alkanes of at least 4 members (excludes halogenated alkanes) is 2. The smallest absolute Gasteiger partial charge is 0.416 e. The second-order valence-corrected chi connectivity index (χ2v) is 7.24. The molecule has 1 amide bonds. The van der Waals surface area contributed by atoms with Crippen molar-refractivity contribution < 1.29 is 27.9 Å². The molecule has 3 aromatic rings. The summed E-state index contributed by atoms with van der Waals surface area (Å²) in [6.45, 7) is 0. The molecule has 0 bridgehead atoms. The third kappa shape index (κ3) is 6.07. The minimum absolute atomic E-state index is 0.0614. The van der Waals surface area contributed by atoms with Crippen LogP contribution >= 0.6 is 0 Å². The molecule has 0 aliphatic heterocycles. The zero-order valence-corrected chi connectivity index (χ0v) is 16.6. The van der Waals surface area contributed by atoms with E-state index in [1.54, 1.807) is 30.3 Å². The maximum atomic E-state index is 13.0. The predicted molar refractivity (Wildman–Crippen MR) is 108 cm³/mol. The van der Waals surface area contributed by atoms with Crippen LogP contribution in [0.5, 0.6) is 0 Å². The number of carbonyl (C=O) groups is 2. The third-order valence-electron chi connectivity index (χ3n) is 4.88. The van der Waals surface area contributed by atoms with Crippen molar-refractivity contribution >= 4 is 22.9 Å². The molecule has 1 heterocycles. The van der Waals surface area contributed by atoms with Gasteiger partial charge in [-0.25, -0.2) is 4.98 Å². The molecule has 3 rings (SSSR count). The van der Waals surface area contributed by atoms with Crippen molar-refractivity contribution in [2.24, 2.45) is 0 Å². The molecule has 0 fully saturated rings. The molecule has 0 spiro atoms. The van der Waals surface area contributed by atoms with Gasteiger partial charge in [0, 0.05) is 12.0 Å². The lowest BCUT2D eigenvalue weighted by Gasteiger charge is -2.17. The number of alkyl halides is 3. The first kappa shape index (κ1) is 22.3. The number of carboxylic acids is 1. The number of carbonyl (C=O) groups excluding carboxylic acids is 1. The van der Waals surface area contributed by atoms with E-state index in [4.69, 9.17) is 5.11 Å². The molecule has 9 heteroatoms. The van der Waals surface area contributed by atoms with Gasteiger partial charge in [0.15, 0.2) is 0 Å². The minimum Gasteiger partial charge on any atom is -0.481 e. The predicted octanol–water partition coefficient (Wildman–Crippen LogP) is 5.09. The lowest BCUT2D eigenvalue weighted by Crippen LogP contribution is -2.29. The van der Waals surface area contributed by atoms with Gasteiger partial charge in [-0.2, -0.15) is 13.2 Å². The molecule has 0 radical (unpaired) electrons. The summed E-state index contributed by atoms with van der Waals surface area (Å²) >= 11 is 0. The van der Waals surface area contributed by atoms with Gasteiger partial charge in [0.05, 0.1) is 22.6 Å². The Kier molecular flexibility index (Phi) is 6.94. The molecule has 2 aromatic carbocycles. The van der Waals surface area contributed by atoms with Crippen LogP contribution < -0.4 is 5.32 Å². The molecule has 0 saturated heterocycles. The zero-order chi connectivity index (χ0) is 22.4. The van der Waals surface area contributed by atoms with Crippen LogP contribution in [-0.4, -0.2) is 27.0 Å². The first-order chi connectivity index (χ1) is 14.7.